The third-order valence-corrected chi connectivity index (χ3v) is 6.64. The molecule has 32 heavy (non-hydrogen) atoms. The average molecular weight is 494 g/mol. The lowest BCUT2D eigenvalue weighted by atomic mass is 9.85. The van der Waals surface area contributed by atoms with Gasteiger partial charge in [0.2, 0.25) is 0 Å². The lowest BCUT2D eigenvalue weighted by Gasteiger charge is -2.13. The minimum atomic E-state index is -0.303. The highest BCUT2D eigenvalue weighted by Crippen LogP contribution is 2.52. The minimum Gasteiger partial charge on any atom is -0.483 e. The maximum absolute atomic E-state index is 12.8. The molecule has 0 aromatic heterocycles. The second-order valence-corrected chi connectivity index (χ2v) is 9.03. The maximum atomic E-state index is 12.8. The van der Waals surface area contributed by atoms with Crippen molar-refractivity contribution in [1.82, 2.24) is 5.01 Å². The van der Waals surface area contributed by atoms with E-state index >= 15 is 0 Å². The molecule has 1 saturated heterocycles. The lowest BCUT2D eigenvalue weighted by molar-refractivity contribution is -0.140. The molecule has 4 atom stereocenters. The van der Waals surface area contributed by atoms with Crippen LogP contribution in [0.25, 0.3) is 0 Å². The van der Waals surface area contributed by atoms with E-state index in [1.165, 1.54) is 6.21 Å². The number of hydrogen-bond acceptors (Lipinski definition) is 5. The van der Waals surface area contributed by atoms with Crippen molar-refractivity contribution in [2.24, 2.45) is 28.8 Å². The molecule has 2 aromatic carbocycles. The summed E-state index contributed by atoms with van der Waals surface area (Å²) in [5, 5.41) is 7.96. The predicted molar refractivity (Wildman–Crippen MR) is 122 cm³/mol. The van der Waals surface area contributed by atoms with Gasteiger partial charge < -0.3 is 10.1 Å². The molecule has 0 spiro atoms. The number of hydrazone groups is 1. The Hall–Kier alpha value is -3.26. The van der Waals surface area contributed by atoms with Crippen molar-refractivity contribution in [3.8, 4) is 5.75 Å². The van der Waals surface area contributed by atoms with Crippen molar-refractivity contribution < 1.29 is 19.1 Å². The van der Waals surface area contributed by atoms with Crippen LogP contribution in [-0.4, -0.2) is 35.6 Å². The highest BCUT2D eigenvalue weighted by molar-refractivity contribution is 9.10. The molecule has 2 bridgehead atoms. The number of para-hydroxylation sites is 1. The van der Waals surface area contributed by atoms with Crippen molar-refractivity contribution in [1.29, 1.82) is 0 Å². The van der Waals surface area contributed by atoms with Gasteiger partial charge in [0, 0.05) is 15.7 Å². The molecule has 1 saturated carbocycles. The van der Waals surface area contributed by atoms with Crippen LogP contribution in [0.2, 0.25) is 0 Å². The molecule has 3 amide bonds. The Kier molecular flexibility index (Phi) is 5.38. The highest BCUT2D eigenvalue weighted by atomic mass is 79.9. The van der Waals surface area contributed by atoms with Crippen LogP contribution in [0, 0.1) is 23.7 Å². The molecule has 1 heterocycles. The van der Waals surface area contributed by atoms with E-state index in [1.807, 2.05) is 30.4 Å². The van der Waals surface area contributed by atoms with Crippen molar-refractivity contribution in [3.05, 3.63) is 70.7 Å². The summed E-state index contributed by atoms with van der Waals surface area (Å²) in [6, 6.07) is 14.3. The van der Waals surface area contributed by atoms with Crippen LogP contribution in [-0.2, 0) is 14.4 Å². The first-order chi connectivity index (χ1) is 15.5. The van der Waals surface area contributed by atoms with Gasteiger partial charge in [-0.05, 0) is 48.6 Å². The number of fused-ring (bicyclic) bond motifs is 5. The number of hydrogen-bond donors (Lipinski definition) is 1. The summed E-state index contributed by atoms with van der Waals surface area (Å²) in [4.78, 5) is 37.8. The molecule has 7 nitrogen and oxygen atoms in total. The Bertz CT molecular complexity index is 1120. The summed E-state index contributed by atoms with van der Waals surface area (Å²) in [6.07, 6.45) is 6.40. The number of carbonyl (C=O) groups is 3. The van der Waals surface area contributed by atoms with Crippen LogP contribution in [0.5, 0.6) is 5.75 Å². The van der Waals surface area contributed by atoms with E-state index in [0.29, 0.717) is 17.0 Å². The third-order valence-electron chi connectivity index (χ3n) is 6.15. The van der Waals surface area contributed by atoms with Gasteiger partial charge in [0.25, 0.3) is 17.7 Å². The lowest BCUT2D eigenvalue weighted by Crippen LogP contribution is -2.28. The van der Waals surface area contributed by atoms with Crippen LogP contribution in [0.1, 0.15) is 12.0 Å². The zero-order chi connectivity index (χ0) is 22.2. The van der Waals surface area contributed by atoms with Crippen LogP contribution in [0.3, 0.4) is 0 Å². The Balaban J connectivity index is 1.29. The quantitative estimate of drug-likeness (QED) is 0.378. The van der Waals surface area contributed by atoms with Crippen LogP contribution in [0.4, 0.5) is 5.69 Å². The highest BCUT2D eigenvalue weighted by Gasteiger charge is 2.59. The van der Waals surface area contributed by atoms with Gasteiger partial charge in [-0.3, -0.25) is 14.4 Å². The summed E-state index contributed by atoms with van der Waals surface area (Å²) in [7, 11) is 0. The summed E-state index contributed by atoms with van der Waals surface area (Å²) < 4.78 is 6.47. The zero-order valence-corrected chi connectivity index (χ0v) is 18.6. The topological polar surface area (TPSA) is 88.1 Å². The van der Waals surface area contributed by atoms with Crippen molar-refractivity contribution in [2.75, 3.05) is 11.9 Å². The number of benzene rings is 2. The van der Waals surface area contributed by atoms with Crippen LogP contribution < -0.4 is 10.1 Å². The SMILES string of the molecule is O=C(COc1ccc(Br)cc1C=NN1C(=O)[C@@H]2[C@H](C1=O)[C@H]1C=C[C@H]2C1)Nc1ccccc1. The molecule has 0 radical (unpaired) electrons. The Morgan fingerprint density at radius 3 is 2.47 bits per heavy atom. The van der Waals surface area contributed by atoms with E-state index in [2.05, 4.69) is 26.3 Å². The Morgan fingerprint density at radius 2 is 1.78 bits per heavy atom. The smallest absolute Gasteiger partial charge is 0.262 e. The first kappa shape index (κ1) is 20.6. The molecule has 2 aliphatic carbocycles. The average Bonchev–Trinajstić information content (AvgIpc) is 3.47. The number of nitrogens with zero attached hydrogens (tertiary/aromatic N) is 2. The number of ether oxygens (including phenoxy) is 1. The number of allylic oxidation sites excluding steroid dienone is 2. The van der Waals surface area contributed by atoms with E-state index < -0.39 is 0 Å². The summed E-state index contributed by atoms with van der Waals surface area (Å²) in [5.74, 6) is -0.697. The van der Waals surface area contributed by atoms with E-state index in [0.717, 1.165) is 15.9 Å². The summed E-state index contributed by atoms with van der Waals surface area (Å²) in [6.45, 7) is -0.196. The van der Waals surface area contributed by atoms with Gasteiger partial charge in [-0.25, -0.2) is 0 Å². The predicted octanol–water partition coefficient (Wildman–Crippen LogP) is 3.61. The Morgan fingerprint density at radius 1 is 1.09 bits per heavy atom. The second-order valence-electron chi connectivity index (χ2n) is 8.12. The molecular formula is C24H20BrN3O4. The fourth-order valence-corrected chi connectivity index (χ4v) is 5.11. The maximum Gasteiger partial charge on any atom is 0.262 e. The minimum absolute atomic E-state index is 0.134. The number of nitrogens with one attached hydrogen (secondary N) is 1. The normalized spacial score (nSPS) is 25.6. The van der Waals surface area contributed by atoms with E-state index in [1.54, 1.807) is 30.3 Å². The zero-order valence-electron chi connectivity index (χ0n) is 17.0. The number of halogens is 1. The summed E-state index contributed by atoms with van der Waals surface area (Å²) >= 11 is 3.41. The number of rotatable bonds is 6. The fourth-order valence-electron chi connectivity index (χ4n) is 4.73. The fraction of sp³-hybridized carbons (Fsp3) is 0.250. The number of carbonyl (C=O) groups excluding carboxylic acids is 3. The van der Waals surface area contributed by atoms with E-state index in [-0.39, 0.29) is 48.0 Å². The first-order valence-electron chi connectivity index (χ1n) is 10.4. The monoisotopic (exact) mass is 493 g/mol. The van der Waals surface area contributed by atoms with Gasteiger partial charge in [-0.1, -0.05) is 46.3 Å². The van der Waals surface area contributed by atoms with Gasteiger partial charge >= 0.3 is 0 Å². The summed E-state index contributed by atoms with van der Waals surface area (Å²) in [5.41, 5.74) is 1.23. The van der Waals surface area contributed by atoms with Crippen LogP contribution >= 0.6 is 15.9 Å². The molecular weight excluding hydrogens is 474 g/mol. The van der Waals surface area contributed by atoms with Gasteiger partial charge in [-0.2, -0.15) is 10.1 Å². The van der Waals surface area contributed by atoms with Crippen molar-refractivity contribution in [3.63, 3.8) is 0 Å². The van der Waals surface area contributed by atoms with Gasteiger partial charge in [0.05, 0.1) is 18.1 Å². The standard InChI is InChI=1S/C24H20BrN3O4/c25-17-8-9-19(32-13-20(29)27-18-4-2-1-3-5-18)16(11-17)12-26-28-23(30)21-14-6-7-15(10-14)22(21)24(28)31/h1-9,11-12,14-15,21-22H,10,13H2,(H,27,29)/t14-,15-,21-,22+/m0/s1. The molecule has 1 aliphatic heterocycles. The molecule has 2 aromatic rings. The molecule has 8 heteroatoms. The molecule has 1 N–H and O–H groups in total. The van der Waals surface area contributed by atoms with Crippen LogP contribution in [0.15, 0.2) is 70.3 Å². The molecule has 3 aliphatic rings. The van der Waals surface area contributed by atoms with Gasteiger partial charge in [-0.15, -0.1) is 0 Å². The first-order valence-corrected chi connectivity index (χ1v) is 11.2. The molecule has 162 valence electrons. The molecule has 2 fully saturated rings. The van der Waals surface area contributed by atoms with Crippen molar-refractivity contribution >= 4 is 45.6 Å². The molecule has 0 unspecified atom stereocenters. The second kappa shape index (κ2) is 8.35. The third kappa shape index (κ3) is 3.75. The van der Waals surface area contributed by atoms with Crippen molar-refractivity contribution in [2.45, 2.75) is 6.42 Å². The number of anilines is 1. The molecule has 5 rings (SSSR count). The van der Waals surface area contributed by atoms with E-state index in [4.69, 9.17) is 4.74 Å². The van der Waals surface area contributed by atoms with Gasteiger partial charge in [0.15, 0.2) is 6.61 Å². The number of imide groups is 1. The number of amides is 3. The Labute approximate surface area is 193 Å². The largest absolute Gasteiger partial charge is 0.483 e. The van der Waals surface area contributed by atoms with E-state index in [9.17, 15) is 14.4 Å². The van der Waals surface area contributed by atoms with Gasteiger partial charge in [0.1, 0.15) is 5.75 Å².